The number of benzene rings is 1. The number of pyridine rings is 1. The molecule has 26 heavy (non-hydrogen) atoms. The third-order valence-corrected chi connectivity index (χ3v) is 6.61. The molecule has 1 atom stereocenters. The molecule has 1 aliphatic rings. The van der Waals surface area contributed by atoms with Crippen molar-refractivity contribution in [3.8, 4) is 0 Å². The molecule has 0 saturated heterocycles. The lowest BCUT2D eigenvalue weighted by Crippen LogP contribution is -2.08. The van der Waals surface area contributed by atoms with E-state index in [-0.39, 0.29) is 5.92 Å². The van der Waals surface area contributed by atoms with Gasteiger partial charge in [0.15, 0.2) is 9.84 Å². The number of nitrogens with one attached hydrogen (secondary N) is 1. The second kappa shape index (κ2) is 6.88. The van der Waals surface area contributed by atoms with Crippen LogP contribution in [-0.4, -0.2) is 24.6 Å². The molecule has 1 fully saturated rings. The van der Waals surface area contributed by atoms with Crippen molar-refractivity contribution in [2.45, 2.75) is 42.9 Å². The first-order chi connectivity index (χ1) is 12.5. The fraction of sp³-hybridized carbons (Fsp3) is 0.381. The van der Waals surface area contributed by atoms with Gasteiger partial charge in [0.05, 0.1) is 4.90 Å². The fourth-order valence-corrected chi connectivity index (χ4v) is 4.71. The highest BCUT2D eigenvalue weighted by Gasteiger charge is 2.24. The average molecular weight is 367 g/mol. The van der Waals surface area contributed by atoms with Crippen LogP contribution in [-0.2, 0) is 9.84 Å². The minimum absolute atomic E-state index is 0.223. The lowest BCUT2D eigenvalue weighted by Gasteiger charge is -2.20. The standard InChI is InChI=1S/C21H23N2O2S/c1-26(24,25)18-10-8-16(9-11-18)19(13-15-5-2-3-6-15)20-14-17-7-4-12-22-21(17)23-20/h7-12,14-15,19H,2-3,5-6,13H2,1H3,(H,22,23). The highest BCUT2D eigenvalue weighted by atomic mass is 32.2. The number of hydrogen-bond acceptors (Lipinski definition) is 3. The van der Waals surface area contributed by atoms with E-state index in [0.29, 0.717) is 4.90 Å². The summed E-state index contributed by atoms with van der Waals surface area (Å²) in [4.78, 5) is 8.20. The molecule has 1 saturated carbocycles. The summed E-state index contributed by atoms with van der Waals surface area (Å²) < 4.78 is 23.5. The van der Waals surface area contributed by atoms with E-state index in [2.05, 4.69) is 22.1 Å². The summed E-state index contributed by atoms with van der Waals surface area (Å²) in [6.45, 7) is 0. The fourth-order valence-electron chi connectivity index (χ4n) is 4.08. The van der Waals surface area contributed by atoms with Crippen molar-refractivity contribution in [1.29, 1.82) is 0 Å². The summed E-state index contributed by atoms with van der Waals surface area (Å²) in [5.41, 5.74) is 3.17. The summed E-state index contributed by atoms with van der Waals surface area (Å²) in [6, 6.07) is 14.5. The summed E-state index contributed by atoms with van der Waals surface area (Å²) in [5.74, 6) is 0.946. The molecule has 2 heterocycles. The first-order valence-electron chi connectivity index (χ1n) is 9.15. The minimum atomic E-state index is -3.17. The number of hydrogen-bond donors (Lipinski definition) is 1. The zero-order valence-corrected chi connectivity index (χ0v) is 15.7. The maximum absolute atomic E-state index is 11.8. The molecular formula is C21H23N2O2S. The van der Waals surface area contributed by atoms with Crippen LogP contribution in [0.15, 0.2) is 47.5 Å². The van der Waals surface area contributed by atoms with Crippen molar-refractivity contribution in [2.75, 3.05) is 6.26 Å². The van der Waals surface area contributed by atoms with Crippen molar-refractivity contribution in [3.05, 3.63) is 59.9 Å². The Morgan fingerprint density at radius 3 is 2.62 bits per heavy atom. The summed E-state index contributed by atoms with van der Waals surface area (Å²) in [5, 5.41) is 1.06. The number of sulfone groups is 1. The van der Waals surface area contributed by atoms with Crippen LogP contribution in [0.25, 0.3) is 11.0 Å². The normalized spacial score (nSPS) is 17.0. The zero-order chi connectivity index (χ0) is 18.1. The van der Waals surface area contributed by atoms with E-state index in [1.165, 1.54) is 31.9 Å². The number of aromatic amines is 1. The molecule has 1 N–H and O–H groups in total. The number of H-pyrrole nitrogens is 1. The Bertz CT molecular complexity index is 967. The van der Waals surface area contributed by atoms with Gasteiger partial charge in [0, 0.05) is 35.5 Å². The van der Waals surface area contributed by atoms with Crippen LogP contribution in [0.5, 0.6) is 0 Å². The van der Waals surface area contributed by atoms with E-state index in [1.807, 2.05) is 18.2 Å². The first-order valence-corrected chi connectivity index (χ1v) is 11.0. The molecule has 1 aromatic carbocycles. The Balaban J connectivity index is 1.72. The molecule has 2 aromatic heterocycles. The number of rotatable bonds is 5. The van der Waals surface area contributed by atoms with E-state index in [9.17, 15) is 8.42 Å². The van der Waals surface area contributed by atoms with Crippen LogP contribution < -0.4 is 0 Å². The Hall–Kier alpha value is -2.14. The zero-order valence-electron chi connectivity index (χ0n) is 14.9. The van der Waals surface area contributed by atoms with Crippen LogP contribution in [0.4, 0.5) is 0 Å². The summed E-state index contributed by atoms with van der Waals surface area (Å²) in [6.07, 6.45) is 9.19. The van der Waals surface area contributed by atoms with E-state index < -0.39 is 9.84 Å². The summed E-state index contributed by atoms with van der Waals surface area (Å²) in [7, 11) is -3.17. The molecule has 0 aliphatic heterocycles. The maximum Gasteiger partial charge on any atom is 0.175 e. The lowest BCUT2D eigenvalue weighted by molar-refractivity contribution is 0.469. The maximum atomic E-state index is 11.8. The highest BCUT2D eigenvalue weighted by molar-refractivity contribution is 7.90. The number of fused-ring (bicyclic) bond motifs is 1. The molecule has 3 aromatic rings. The van der Waals surface area contributed by atoms with Crippen LogP contribution >= 0.6 is 0 Å². The molecule has 4 rings (SSSR count). The predicted molar refractivity (Wildman–Crippen MR) is 103 cm³/mol. The van der Waals surface area contributed by atoms with E-state index in [0.717, 1.165) is 34.6 Å². The SMILES string of the molecule is CS(=O)(=O)c1ccc(C(CC2CCCC2)c2cc3c[c]cnc3[nH]2)cc1. The molecule has 1 radical (unpaired) electrons. The van der Waals surface area contributed by atoms with Gasteiger partial charge in [-0.25, -0.2) is 13.4 Å². The smallest absolute Gasteiger partial charge is 0.175 e. The Labute approximate surface area is 154 Å². The van der Waals surface area contributed by atoms with Crippen molar-refractivity contribution < 1.29 is 8.42 Å². The van der Waals surface area contributed by atoms with Gasteiger partial charge in [0.25, 0.3) is 0 Å². The van der Waals surface area contributed by atoms with E-state index in [1.54, 1.807) is 18.3 Å². The van der Waals surface area contributed by atoms with Crippen LogP contribution in [0.1, 0.15) is 49.3 Å². The lowest BCUT2D eigenvalue weighted by atomic mass is 9.86. The molecule has 135 valence electrons. The van der Waals surface area contributed by atoms with Crippen molar-refractivity contribution >= 4 is 20.9 Å². The van der Waals surface area contributed by atoms with Crippen molar-refractivity contribution in [1.82, 2.24) is 9.97 Å². The summed E-state index contributed by atoms with van der Waals surface area (Å²) >= 11 is 0. The molecule has 0 amide bonds. The largest absolute Gasteiger partial charge is 0.343 e. The average Bonchev–Trinajstić information content (AvgIpc) is 3.28. The van der Waals surface area contributed by atoms with Gasteiger partial charge < -0.3 is 4.98 Å². The molecular weight excluding hydrogens is 344 g/mol. The number of aromatic nitrogens is 2. The minimum Gasteiger partial charge on any atom is -0.343 e. The van der Waals surface area contributed by atoms with Crippen LogP contribution in [0, 0.1) is 12.0 Å². The number of nitrogens with zero attached hydrogens (tertiary/aromatic N) is 1. The van der Waals surface area contributed by atoms with E-state index >= 15 is 0 Å². The van der Waals surface area contributed by atoms with Gasteiger partial charge in [-0.05, 0) is 42.2 Å². The van der Waals surface area contributed by atoms with Gasteiger partial charge in [-0.3, -0.25) is 0 Å². The molecule has 0 spiro atoms. The van der Waals surface area contributed by atoms with Crippen LogP contribution in [0.3, 0.4) is 0 Å². The molecule has 5 heteroatoms. The van der Waals surface area contributed by atoms with Gasteiger partial charge in [0.1, 0.15) is 5.65 Å². The first kappa shape index (κ1) is 17.3. The predicted octanol–water partition coefficient (Wildman–Crippen LogP) is 4.48. The topological polar surface area (TPSA) is 62.8 Å². The van der Waals surface area contributed by atoms with Gasteiger partial charge in [-0.15, -0.1) is 0 Å². The van der Waals surface area contributed by atoms with Gasteiger partial charge in [-0.1, -0.05) is 37.8 Å². The third kappa shape index (κ3) is 3.54. The van der Waals surface area contributed by atoms with Crippen LogP contribution in [0.2, 0.25) is 0 Å². The second-order valence-corrected chi connectivity index (χ2v) is 9.39. The second-order valence-electron chi connectivity index (χ2n) is 7.38. The quantitative estimate of drug-likeness (QED) is 0.723. The molecule has 4 nitrogen and oxygen atoms in total. The third-order valence-electron chi connectivity index (χ3n) is 5.48. The highest BCUT2D eigenvalue weighted by Crippen LogP contribution is 2.38. The monoisotopic (exact) mass is 367 g/mol. The Kier molecular flexibility index (Phi) is 4.57. The van der Waals surface area contributed by atoms with Gasteiger partial charge in [0.2, 0.25) is 0 Å². The molecule has 0 bridgehead atoms. The Morgan fingerprint density at radius 1 is 1.23 bits per heavy atom. The molecule has 1 aliphatic carbocycles. The van der Waals surface area contributed by atoms with Gasteiger partial charge >= 0.3 is 0 Å². The molecule has 1 unspecified atom stereocenters. The van der Waals surface area contributed by atoms with Gasteiger partial charge in [-0.2, -0.15) is 0 Å². The van der Waals surface area contributed by atoms with E-state index in [4.69, 9.17) is 0 Å². The van der Waals surface area contributed by atoms with Crippen molar-refractivity contribution in [2.24, 2.45) is 5.92 Å². The van der Waals surface area contributed by atoms with Crippen molar-refractivity contribution in [3.63, 3.8) is 0 Å². The Morgan fingerprint density at radius 2 is 1.96 bits per heavy atom.